The minimum Gasteiger partial charge on any atom is -0.481 e. The summed E-state index contributed by atoms with van der Waals surface area (Å²) in [6.07, 6.45) is -4.15. The first-order chi connectivity index (χ1) is 15.1. The summed E-state index contributed by atoms with van der Waals surface area (Å²) < 4.78 is 59.3. The molecule has 0 radical (unpaired) electrons. The molecule has 0 unspecified atom stereocenters. The summed E-state index contributed by atoms with van der Waals surface area (Å²) in [5.41, 5.74) is -1.56. The van der Waals surface area contributed by atoms with Gasteiger partial charge in [-0.25, -0.2) is 9.78 Å². The van der Waals surface area contributed by atoms with Gasteiger partial charge in [0.1, 0.15) is 22.1 Å². The van der Waals surface area contributed by atoms with Crippen LogP contribution in [0.2, 0.25) is 5.02 Å². The summed E-state index contributed by atoms with van der Waals surface area (Å²) in [5, 5.41) is 9.20. The Labute approximate surface area is 183 Å². The Morgan fingerprint density at radius 1 is 1.03 bits per heavy atom. The maximum Gasteiger partial charge on any atom is 0.417 e. The van der Waals surface area contributed by atoms with Crippen LogP contribution < -0.4 is 18.9 Å². The van der Waals surface area contributed by atoms with E-state index in [-0.39, 0.29) is 29.3 Å². The van der Waals surface area contributed by atoms with Gasteiger partial charge in [0.15, 0.2) is 0 Å². The quantitative estimate of drug-likeness (QED) is 0.516. The predicted molar refractivity (Wildman–Crippen MR) is 103 cm³/mol. The van der Waals surface area contributed by atoms with E-state index >= 15 is 0 Å². The first-order valence-electron chi connectivity index (χ1n) is 8.54. The number of ether oxygens (including phenoxy) is 4. The number of carboxylic acids is 1. The average molecular weight is 472 g/mol. The van der Waals surface area contributed by atoms with Crippen molar-refractivity contribution in [2.24, 2.45) is 0 Å². The van der Waals surface area contributed by atoms with Crippen molar-refractivity contribution in [1.29, 1.82) is 0 Å². The summed E-state index contributed by atoms with van der Waals surface area (Å²) in [4.78, 5) is 23.3. The van der Waals surface area contributed by atoms with Crippen molar-refractivity contribution in [2.45, 2.75) is 6.18 Å². The molecule has 3 rings (SSSR count). The number of carbonyl (C=O) groups is 1. The third-order valence-corrected chi connectivity index (χ3v) is 4.09. The molecule has 9 nitrogen and oxygen atoms in total. The first-order valence-corrected chi connectivity index (χ1v) is 8.92. The fraction of sp³-hybridized carbons (Fsp3) is 0.158. The largest absolute Gasteiger partial charge is 0.481 e. The van der Waals surface area contributed by atoms with E-state index in [0.717, 1.165) is 0 Å². The second kappa shape index (κ2) is 9.14. The van der Waals surface area contributed by atoms with Crippen molar-refractivity contribution >= 4 is 17.6 Å². The van der Waals surface area contributed by atoms with Gasteiger partial charge in [0.25, 0.3) is 0 Å². The number of hydrogen-bond acceptors (Lipinski definition) is 8. The number of halogens is 4. The van der Waals surface area contributed by atoms with Crippen LogP contribution in [0.5, 0.6) is 35.1 Å². The van der Waals surface area contributed by atoms with Gasteiger partial charge in [-0.1, -0.05) is 17.7 Å². The molecule has 1 N–H and O–H groups in total. The number of aromatic nitrogens is 3. The van der Waals surface area contributed by atoms with Crippen LogP contribution >= 0.6 is 11.6 Å². The maximum absolute atomic E-state index is 12.8. The zero-order valence-electron chi connectivity index (χ0n) is 16.3. The Bertz CT molecular complexity index is 1140. The number of benzene rings is 1. The molecule has 0 bridgehead atoms. The standard InChI is InChI=1S/C19H13ClF3N3O6/c1-29-13-7-14(30-2)26-18(25-13)32-12-5-3-4-11(15(12)17(27)28)31-16-10(20)6-9(8-24-16)19(21,22)23/h3-8H,1-2H3,(H,27,28). The molecular weight excluding hydrogens is 459 g/mol. The summed E-state index contributed by atoms with van der Waals surface area (Å²) >= 11 is 5.84. The lowest BCUT2D eigenvalue weighted by molar-refractivity contribution is -0.137. The van der Waals surface area contributed by atoms with E-state index in [2.05, 4.69) is 15.0 Å². The average Bonchev–Trinajstić information content (AvgIpc) is 2.74. The molecular formula is C19H13ClF3N3O6. The summed E-state index contributed by atoms with van der Waals surface area (Å²) in [6.45, 7) is 0. The van der Waals surface area contributed by atoms with E-state index in [1.807, 2.05) is 0 Å². The predicted octanol–water partition coefficient (Wildman–Crippen LogP) is 4.84. The van der Waals surface area contributed by atoms with E-state index in [1.165, 1.54) is 38.5 Å². The van der Waals surface area contributed by atoms with Crippen molar-refractivity contribution in [2.75, 3.05) is 14.2 Å². The van der Waals surface area contributed by atoms with Crippen LogP contribution in [0.1, 0.15) is 15.9 Å². The number of alkyl halides is 3. The van der Waals surface area contributed by atoms with E-state index in [0.29, 0.717) is 12.3 Å². The van der Waals surface area contributed by atoms with Crippen LogP contribution in [0, 0.1) is 0 Å². The number of nitrogens with zero attached hydrogens (tertiary/aromatic N) is 3. The van der Waals surface area contributed by atoms with Gasteiger partial charge < -0.3 is 24.1 Å². The van der Waals surface area contributed by atoms with Gasteiger partial charge in [0.2, 0.25) is 17.6 Å². The van der Waals surface area contributed by atoms with Crippen LogP contribution in [-0.2, 0) is 6.18 Å². The summed E-state index contributed by atoms with van der Waals surface area (Å²) in [7, 11) is 2.70. The lowest BCUT2D eigenvalue weighted by Gasteiger charge is -2.14. The second-order valence-electron chi connectivity index (χ2n) is 5.88. The molecule has 0 fully saturated rings. The van der Waals surface area contributed by atoms with Crippen LogP contribution in [0.3, 0.4) is 0 Å². The number of aromatic carboxylic acids is 1. The van der Waals surface area contributed by atoms with E-state index in [4.69, 9.17) is 30.5 Å². The molecule has 3 aromatic rings. The SMILES string of the molecule is COc1cc(OC)nc(Oc2cccc(Oc3ncc(C(F)(F)F)cc3Cl)c2C(=O)O)n1. The van der Waals surface area contributed by atoms with Crippen molar-refractivity contribution in [3.63, 3.8) is 0 Å². The molecule has 0 amide bonds. The van der Waals surface area contributed by atoms with Gasteiger partial charge in [0, 0.05) is 6.20 Å². The van der Waals surface area contributed by atoms with Crippen molar-refractivity contribution in [1.82, 2.24) is 15.0 Å². The highest BCUT2D eigenvalue weighted by molar-refractivity contribution is 6.31. The molecule has 32 heavy (non-hydrogen) atoms. The molecule has 0 aliphatic carbocycles. The highest BCUT2D eigenvalue weighted by atomic mass is 35.5. The number of rotatable bonds is 7. The van der Waals surface area contributed by atoms with Crippen LogP contribution in [0.4, 0.5) is 13.2 Å². The fourth-order valence-corrected chi connectivity index (χ4v) is 2.59. The molecule has 2 aromatic heterocycles. The third kappa shape index (κ3) is 5.09. The van der Waals surface area contributed by atoms with Crippen molar-refractivity contribution in [3.8, 4) is 35.1 Å². The zero-order chi connectivity index (χ0) is 23.5. The van der Waals surface area contributed by atoms with Gasteiger partial charge in [-0.15, -0.1) is 0 Å². The number of pyridine rings is 1. The van der Waals surface area contributed by atoms with Gasteiger partial charge in [-0.2, -0.15) is 23.1 Å². The van der Waals surface area contributed by atoms with E-state index in [9.17, 15) is 23.1 Å². The Balaban J connectivity index is 1.98. The zero-order valence-corrected chi connectivity index (χ0v) is 17.1. The molecule has 0 atom stereocenters. The lowest BCUT2D eigenvalue weighted by atomic mass is 10.2. The number of methoxy groups -OCH3 is 2. The molecule has 2 heterocycles. The Morgan fingerprint density at radius 3 is 2.12 bits per heavy atom. The van der Waals surface area contributed by atoms with Crippen LogP contribution in [0.25, 0.3) is 0 Å². The Kier molecular flexibility index (Phi) is 6.53. The molecule has 0 spiro atoms. The van der Waals surface area contributed by atoms with Crippen molar-refractivity contribution < 1.29 is 42.0 Å². The van der Waals surface area contributed by atoms with Crippen LogP contribution in [-0.4, -0.2) is 40.2 Å². The Morgan fingerprint density at radius 2 is 1.62 bits per heavy atom. The maximum atomic E-state index is 12.8. The van der Waals surface area contributed by atoms with E-state index in [1.54, 1.807) is 0 Å². The Hall–Kier alpha value is -3.80. The summed E-state index contributed by atoms with van der Waals surface area (Å²) in [5.74, 6) is -2.23. The summed E-state index contributed by atoms with van der Waals surface area (Å²) in [6, 6.07) is 5.63. The molecule has 0 aliphatic rings. The normalized spacial score (nSPS) is 11.1. The molecule has 168 valence electrons. The van der Waals surface area contributed by atoms with Gasteiger partial charge >= 0.3 is 18.2 Å². The smallest absolute Gasteiger partial charge is 0.417 e. The van der Waals surface area contributed by atoms with Crippen molar-refractivity contribution in [3.05, 3.63) is 52.7 Å². The molecule has 0 saturated carbocycles. The van der Waals surface area contributed by atoms with E-state index < -0.39 is 34.2 Å². The third-order valence-electron chi connectivity index (χ3n) is 3.82. The number of hydrogen-bond donors (Lipinski definition) is 1. The topological polar surface area (TPSA) is 113 Å². The van der Waals surface area contributed by atoms with Gasteiger partial charge in [0.05, 0.1) is 25.8 Å². The molecule has 0 saturated heterocycles. The highest BCUT2D eigenvalue weighted by Crippen LogP contribution is 2.38. The van der Waals surface area contributed by atoms with Gasteiger partial charge in [-0.05, 0) is 18.2 Å². The number of carboxylic acid groups (broad SMARTS) is 1. The minimum atomic E-state index is -4.66. The molecule has 0 aliphatic heterocycles. The fourth-order valence-electron chi connectivity index (χ4n) is 2.39. The minimum absolute atomic E-state index is 0.0943. The first kappa shape index (κ1) is 22.9. The lowest BCUT2D eigenvalue weighted by Crippen LogP contribution is -2.07. The monoisotopic (exact) mass is 471 g/mol. The highest BCUT2D eigenvalue weighted by Gasteiger charge is 2.32. The molecule has 13 heteroatoms. The molecule has 1 aromatic carbocycles. The van der Waals surface area contributed by atoms with Crippen LogP contribution in [0.15, 0.2) is 36.5 Å². The second-order valence-corrected chi connectivity index (χ2v) is 6.29. The van der Waals surface area contributed by atoms with Gasteiger partial charge in [-0.3, -0.25) is 0 Å².